The molecule has 0 aromatic heterocycles. The Hall–Kier alpha value is -1.88. The van der Waals surface area contributed by atoms with E-state index in [4.69, 9.17) is 0 Å². The summed E-state index contributed by atoms with van der Waals surface area (Å²) in [5.41, 5.74) is 0.289. The molecule has 0 aliphatic heterocycles. The van der Waals surface area contributed by atoms with Crippen LogP contribution in [0.1, 0.15) is 10.4 Å². The van der Waals surface area contributed by atoms with E-state index in [2.05, 4.69) is 17.9 Å². The Labute approximate surface area is 108 Å². The highest BCUT2D eigenvalue weighted by Crippen LogP contribution is 2.16. The van der Waals surface area contributed by atoms with Gasteiger partial charge in [-0.1, -0.05) is 0 Å². The molecule has 1 amide bonds. The number of nitrogens with one attached hydrogen (secondary N) is 1. The molecule has 0 spiro atoms. The standard InChI is InChI=1S/C13H9F2NOS/c14-8-1-3-9(4-2-8)16-13(17)11-7-10(18)5-6-12(11)15/h1-7,18H,(H,16,17). The molecule has 18 heavy (non-hydrogen) atoms. The number of hydrogen-bond acceptors (Lipinski definition) is 2. The van der Waals surface area contributed by atoms with Crippen molar-refractivity contribution in [1.29, 1.82) is 0 Å². The van der Waals surface area contributed by atoms with E-state index in [0.717, 1.165) is 0 Å². The molecular formula is C13H9F2NOS. The van der Waals surface area contributed by atoms with Crippen molar-refractivity contribution in [3.8, 4) is 0 Å². The van der Waals surface area contributed by atoms with Gasteiger partial charge < -0.3 is 5.32 Å². The lowest BCUT2D eigenvalue weighted by Gasteiger charge is -2.06. The first-order valence-electron chi connectivity index (χ1n) is 5.12. The summed E-state index contributed by atoms with van der Waals surface area (Å²) in [4.78, 5) is 12.3. The predicted molar refractivity (Wildman–Crippen MR) is 68.0 cm³/mol. The minimum atomic E-state index is -0.632. The zero-order valence-electron chi connectivity index (χ0n) is 9.15. The second-order valence-corrected chi connectivity index (χ2v) is 4.14. The molecule has 2 rings (SSSR count). The molecular weight excluding hydrogens is 256 g/mol. The number of benzene rings is 2. The molecule has 92 valence electrons. The molecule has 0 radical (unpaired) electrons. The SMILES string of the molecule is O=C(Nc1ccc(F)cc1)c1cc(S)ccc1F. The van der Waals surface area contributed by atoms with Crippen LogP contribution >= 0.6 is 12.6 Å². The maximum Gasteiger partial charge on any atom is 0.258 e. The second-order valence-electron chi connectivity index (χ2n) is 3.63. The van der Waals surface area contributed by atoms with Gasteiger partial charge in [0, 0.05) is 10.6 Å². The molecule has 5 heteroatoms. The fourth-order valence-corrected chi connectivity index (χ4v) is 1.62. The van der Waals surface area contributed by atoms with Gasteiger partial charge in [-0.2, -0.15) is 0 Å². The molecule has 0 heterocycles. The van der Waals surface area contributed by atoms with Crippen LogP contribution in [0.2, 0.25) is 0 Å². The maximum atomic E-state index is 13.4. The minimum Gasteiger partial charge on any atom is -0.322 e. The lowest BCUT2D eigenvalue weighted by Crippen LogP contribution is -2.13. The van der Waals surface area contributed by atoms with E-state index >= 15 is 0 Å². The van der Waals surface area contributed by atoms with E-state index in [1.165, 1.54) is 42.5 Å². The summed E-state index contributed by atoms with van der Waals surface area (Å²) in [6.45, 7) is 0. The molecule has 0 aliphatic carbocycles. The molecule has 0 fully saturated rings. The van der Waals surface area contributed by atoms with Gasteiger partial charge in [-0.25, -0.2) is 8.78 Å². The van der Waals surface area contributed by atoms with Gasteiger partial charge in [-0.3, -0.25) is 4.79 Å². The van der Waals surface area contributed by atoms with Crippen molar-refractivity contribution in [2.75, 3.05) is 5.32 Å². The van der Waals surface area contributed by atoms with Crippen molar-refractivity contribution in [2.45, 2.75) is 4.90 Å². The number of rotatable bonds is 2. The van der Waals surface area contributed by atoms with Gasteiger partial charge in [0.05, 0.1) is 5.56 Å². The Bertz CT molecular complexity index is 584. The lowest BCUT2D eigenvalue weighted by molar-refractivity contribution is 0.102. The van der Waals surface area contributed by atoms with Gasteiger partial charge in [0.2, 0.25) is 0 Å². The predicted octanol–water partition coefficient (Wildman–Crippen LogP) is 3.51. The number of carbonyl (C=O) groups excluding carboxylic acids is 1. The average Bonchev–Trinajstić information content (AvgIpc) is 2.35. The van der Waals surface area contributed by atoms with Gasteiger partial charge in [0.1, 0.15) is 11.6 Å². The van der Waals surface area contributed by atoms with Crippen LogP contribution in [0.15, 0.2) is 47.4 Å². The highest BCUT2D eigenvalue weighted by Gasteiger charge is 2.12. The average molecular weight is 265 g/mol. The van der Waals surface area contributed by atoms with E-state index in [-0.39, 0.29) is 5.56 Å². The van der Waals surface area contributed by atoms with Crippen LogP contribution in [0.25, 0.3) is 0 Å². The third-order valence-corrected chi connectivity index (χ3v) is 2.57. The molecule has 1 N–H and O–H groups in total. The number of amides is 1. The van der Waals surface area contributed by atoms with E-state index in [9.17, 15) is 13.6 Å². The fraction of sp³-hybridized carbons (Fsp3) is 0. The van der Waals surface area contributed by atoms with E-state index < -0.39 is 17.5 Å². The first kappa shape index (κ1) is 12.6. The first-order valence-corrected chi connectivity index (χ1v) is 5.56. The number of anilines is 1. The summed E-state index contributed by atoms with van der Waals surface area (Å²) >= 11 is 4.04. The van der Waals surface area contributed by atoms with E-state index in [0.29, 0.717) is 10.6 Å². The highest BCUT2D eigenvalue weighted by molar-refractivity contribution is 7.80. The van der Waals surface area contributed by atoms with Crippen molar-refractivity contribution in [3.63, 3.8) is 0 Å². The van der Waals surface area contributed by atoms with Gasteiger partial charge in [0.15, 0.2) is 0 Å². The van der Waals surface area contributed by atoms with Crippen molar-refractivity contribution in [2.24, 2.45) is 0 Å². The summed E-state index contributed by atoms with van der Waals surface area (Å²) < 4.78 is 26.1. The minimum absolute atomic E-state index is 0.105. The summed E-state index contributed by atoms with van der Waals surface area (Å²) in [5, 5.41) is 2.47. The van der Waals surface area contributed by atoms with Crippen molar-refractivity contribution < 1.29 is 13.6 Å². The second kappa shape index (κ2) is 5.18. The monoisotopic (exact) mass is 265 g/mol. The molecule has 2 aromatic rings. The molecule has 2 aromatic carbocycles. The largest absolute Gasteiger partial charge is 0.322 e. The van der Waals surface area contributed by atoms with Gasteiger partial charge >= 0.3 is 0 Å². The normalized spacial score (nSPS) is 10.2. The molecule has 0 saturated heterocycles. The topological polar surface area (TPSA) is 29.1 Å². The summed E-state index contributed by atoms with van der Waals surface area (Å²) in [6, 6.07) is 9.17. The van der Waals surface area contributed by atoms with Crippen LogP contribution in [-0.2, 0) is 0 Å². The first-order chi connectivity index (χ1) is 8.56. The number of halogens is 2. The zero-order chi connectivity index (χ0) is 13.1. The molecule has 2 nitrogen and oxygen atoms in total. The van der Waals surface area contributed by atoms with Crippen LogP contribution in [-0.4, -0.2) is 5.91 Å². The molecule has 0 aliphatic rings. The third-order valence-electron chi connectivity index (χ3n) is 2.30. The number of hydrogen-bond donors (Lipinski definition) is 2. The molecule has 0 saturated carbocycles. The maximum absolute atomic E-state index is 13.4. The quantitative estimate of drug-likeness (QED) is 0.799. The number of carbonyl (C=O) groups is 1. The highest BCUT2D eigenvalue weighted by atomic mass is 32.1. The molecule has 0 bridgehead atoms. The Morgan fingerprint density at radius 1 is 1.06 bits per heavy atom. The lowest BCUT2D eigenvalue weighted by atomic mass is 10.2. The van der Waals surface area contributed by atoms with Crippen LogP contribution in [0.4, 0.5) is 14.5 Å². The van der Waals surface area contributed by atoms with E-state index in [1.54, 1.807) is 0 Å². The smallest absolute Gasteiger partial charge is 0.258 e. The number of thiol groups is 1. The third kappa shape index (κ3) is 2.87. The Morgan fingerprint density at radius 2 is 1.72 bits per heavy atom. The Morgan fingerprint density at radius 3 is 2.39 bits per heavy atom. The van der Waals surface area contributed by atoms with Crippen LogP contribution in [0.5, 0.6) is 0 Å². The summed E-state index contributed by atoms with van der Waals surface area (Å²) in [5.74, 6) is -1.64. The van der Waals surface area contributed by atoms with Crippen molar-refractivity contribution >= 4 is 24.2 Å². The summed E-state index contributed by atoms with van der Waals surface area (Å²) in [7, 11) is 0. The summed E-state index contributed by atoms with van der Waals surface area (Å²) in [6.07, 6.45) is 0. The Kier molecular flexibility index (Phi) is 3.62. The van der Waals surface area contributed by atoms with Crippen LogP contribution < -0.4 is 5.32 Å². The van der Waals surface area contributed by atoms with Gasteiger partial charge in [-0.15, -0.1) is 12.6 Å². The Balaban J connectivity index is 2.21. The van der Waals surface area contributed by atoms with Crippen LogP contribution in [0.3, 0.4) is 0 Å². The molecule has 0 atom stereocenters. The van der Waals surface area contributed by atoms with Crippen LogP contribution in [0, 0.1) is 11.6 Å². The van der Waals surface area contributed by atoms with Crippen molar-refractivity contribution in [3.05, 3.63) is 59.7 Å². The van der Waals surface area contributed by atoms with Gasteiger partial charge in [-0.05, 0) is 42.5 Å². The molecule has 0 unspecified atom stereocenters. The van der Waals surface area contributed by atoms with E-state index in [1.807, 2.05) is 0 Å². The fourth-order valence-electron chi connectivity index (χ4n) is 1.42. The van der Waals surface area contributed by atoms with Crippen molar-refractivity contribution in [1.82, 2.24) is 0 Å². The van der Waals surface area contributed by atoms with Gasteiger partial charge in [0.25, 0.3) is 5.91 Å². The zero-order valence-corrected chi connectivity index (χ0v) is 10.0.